The molecular formula is C17H28N2. The molecule has 0 saturated carbocycles. The van der Waals surface area contributed by atoms with E-state index in [0.717, 1.165) is 6.54 Å². The topological polar surface area (TPSA) is 24.9 Å². The second kappa shape index (κ2) is 7.64. The van der Waals surface area contributed by atoms with E-state index in [-0.39, 0.29) is 0 Å². The summed E-state index contributed by atoms with van der Waals surface area (Å²) in [6.45, 7) is 5.66. The van der Waals surface area contributed by atoms with Crippen molar-refractivity contribution in [1.29, 1.82) is 0 Å². The van der Waals surface area contributed by atoms with Gasteiger partial charge in [-0.3, -0.25) is 4.98 Å². The van der Waals surface area contributed by atoms with Crippen LogP contribution in [-0.4, -0.2) is 17.6 Å². The Morgan fingerprint density at radius 2 is 2.26 bits per heavy atom. The second-order valence-electron chi connectivity index (χ2n) is 5.75. The Morgan fingerprint density at radius 1 is 1.37 bits per heavy atom. The number of aryl methyl sites for hydroxylation is 1. The highest BCUT2D eigenvalue weighted by Gasteiger charge is 2.28. The SMILES string of the molecule is CCCCC(NCCC)C1CCCc2cccnc21. The Kier molecular flexibility index (Phi) is 5.84. The Labute approximate surface area is 118 Å². The van der Waals surface area contributed by atoms with Crippen LogP contribution in [0.3, 0.4) is 0 Å². The number of hydrogen-bond donors (Lipinski definition) is 1. The lowest BCUT2D eigenvalue weighted by Gasteiger charge is -2.32. The fourth-order valence-corrected chi connectivity index (χ4v) is 3.24. The summed E-state index contributed by atoms with van der Waals surface area (Å²) in [5, 5.41) is 3.77. The van der Waals surface area contributed by atoms with Crippen LogP contribution < -0.4 is 5.32 Å². The van der Waals surface area contributed by atoms with Crippen molar-refractivity contribution in [1.82, 2.24) is 10.3 Å². The quantitative estimate of drug-likeness (QED) is 0.799. The summed E-state index contributed by atoms with van der Waals surface area (Å²) in [7, 11) is 0. The maximum absolute atomic E-state index is 4.70. The predicted molar refractivity (Wildman–Crippen MR) is 81.5 cm³/mol. The van der Waals surface area contributed by atoms with Gasteiger partial charge in [-0.25, -0.2) is 0 Å². The van der Waals surface area contributed by atoms with Gasteiger partial charge in [0.05, 0.1) is 0 Å². The van der Waals surface area contributed by atoms with Crippen LogP contribution in [0.25, 0.3) is 0 Å². The molecule has 1 aliphatic carbocycles. The predicted octanol–water partition coefficient (Wildman–Crippen LogP) is 4.06. The molecule has 19 heavy (non-hydrogen) atoms. The summed E-state index contributed by atoms with van der Waals surface area (Å²) in [6.07, 6.45) is 10.9. The average molecular weight is 260 g/mol. The molecule has 2 unspecified atom stereocenters. The Balaban J connectivity index is 2.12. The highest BCUT2D eigenvalue weighted by Crippen LogP contribution is 2.34. The summed E-state index contributed by atoms with van der Waals surface area (Å²) in [5.74, 6) is 0.628. The van der Waals surface area contributed by atoms with Crippen molar-refractivity contribution in [3.8, 4) is 0 Å². The van der Waals surface area contributed by atoms with Gasteiger partial charge >= 0.3 is 0 Å². The first kappa shape index (κ1) is 14.5. The summed E-state index contributed by atoms with van der Waals surface area (Å²) in [6, 6.07) is 4.97. The van der Waals surface area contributed by atoms with Crippen molar-refractivity contribution in [3.05, 3.63) is 29.6 Å². The average Bonchev–Trinajstić information content (AvgIpc) is 2.47. The Bertz CT molecular complexity index is 367. The van der Waals surface area contributed by atoms with Crippen LogP contribution in [0.2, 0.25) is 0 Å². The lowest BCUT2D eigenvalue weighted by molar-refractivity contribution is 0.359. The van der Waals surface area contributed by atoms with Crippen molar-refractivity contribution in [2.45, 2.75) is 70.8 Å². The number of fused-ring (bicyclic) bond motifs is 1. The van der Waals surface area contributed by atoms with E-state index in [2.05, 4.69) is 31.3 Å². The molecule has 0 spiro atoms. The monoisotopic (exact) mass is 260 g/mol. The normalized spacial score (nSPS) is 20.0. The van der Waals surface area contributed by atoms with E-state index in [1.54, 1.807) is 0 Å². The van der Waals surface area contributed by atoms with Crippen LogP contribution in [0, 0.1) is 0 Å². The largest absolute Gasteiger partial charge is 0.313 e. The molecule has 2 nitrogen and oxygen atoms in total. The van der Waals surface area contributed by atoms with Crippen molar-refractivity contribution in [2.75, 3.05) is 6.54 Å². The third kappa shape index (κ3) is 3.79. The van der Waals surface area contributed by atoms with E-state index in [1.165, 1.54) is 56.2 Å². The minimum absolute atomic E-state index is 0.619. The zero-order chi connectivity index (χ0) is 13.5. The van der Waals surface area contributed by atoms with Crippen LogP contribution in [0.5, 0.6) is 0 Å². The number of nitrogens with zero attached hydrogens (tertiary/aromatic N) is 1. The fraction of sp³-hybridized carbons (Fsp3) is 0.706. The molecule has 0 amide bonds. The minimum atomic E-state index is 0.619. The molecule has 0 bridgehead atoms. The number of aromatic nitrogens is 1. The molecule has 1 heterocycles. The van der Waals surface area contributed by atoms with Crippen LogP contribution in [0.1, 0.15) is 69.5 Å². The first-order valence-electron chi connectivity index (χ1n) is 8.04. The molecule has 2 rings (SSSR count). The van der Waals surface area contributed by atoms with Gasteiger partial charge in [0.1, 0.15) is 0 Å². The zero-order valence-electron chi connectivity index (χ0n) is 12.5. The summed E-state index contributed by atoms with van der Waals surface area (Å²) in [4.78, 5) is 4.70. The third-order valence-electron chi connectivity index (χ3n) is 4.25. The van der Waals surface area contributed by atoms with Gasteiger partial charge in [-0.05, 0) is 50.3 Å². The molecule has 0 fully saturated rings. The number of pyridine rings is 1. The van der Waals surface area contributed by atoms with Crippen molar-refractivity contribution < 1.29 is 0 Å². The smallest absolute Gasteiger partial charge is 0.0481 e. The number of rotatable bonds is 7. The van der Waals surface area contributed by atoms with Gasteiger partial charge in [0, 0.05) is 23.9 Å². The van der Waals surface area contributed by atoms with Gasteiger partial charge in [0.2, 0.25) is 0 Å². The van der Waals surface area contributed by atoms with Gasteiger partial charge in [-0.1, -0.05) is 32.8 Å². The first-order chi connectivity index (χ1) is 9.36. The molecular weight excluding hydrogens is 232 g/mol. The van der Waals surface area contributed by atoms with Crippen molar-refractivity contribution >= 4 is 0 Å². The van der Waals surface area contributed by atoms with Gasteiger partial charge in [-0.2, -0.15) is 0 Å². The van der Waals surface area contributed by atoms with Crippen molar-refractivity contribution in [2.24, 2.45) is 0 Å². The van der Waals surface area contributed by atoms with E-state index in [0.29, 0.717) is 12.0 Å². The Morgan fingerprint density at radius 3 is 3.05 bits per heavy atom. The van der Waals surface area contributed by atoms with Crippen LogP contribution >= 0.6 is 0 Å². The van der Waals surface area contributed by atoms with Gasteiger partial charge in [-0.15, -0.1) is 0 Å². The molecule has 1 N–H and O–H groups in total. The molecule has 0 saturated heterocycles. The van der Waals surface area contributed by atoms with E-state index >= 15 is 0 Å². The van der Waals surface area contributed by atoms with Crippen LogP contribution in [0.15, 0.2) is 18.3 Å². The fourth-order valence-electron chi connectivity index (χ4n) is 3.24. The van der Waals surface area contributed by atoms with Crippen LogP contribution in [-0.2, 0) is 6.42 Å². The molecule has 106 valence electrons. The summed E-state index contributed by atoms with van der Waals surface area (Å²) < 4.78 is 0. The minimum Gasteiger partial charge on any atom is -0.313 e. The lowest BCUT2D eigenvalue weighted by Crippen LogP contribution is -2.37. The van der Waals surface area contributed by atoms with E-state index in [1.807, 2.05) is 6.20 Å². The van der Waals surface area contributed by atoms with Crippen LogP contribution in [0.4, 0.5) is 0 Å². The maximum Gasteiger partial charge on any atom is 0.0481 e. The number of nitrogens with one attached hydrogen (secondary N) is 1. The molecule has 1 aliphatic rings. The standard InChI is InChI=1S/C17H28N2/c1-3-5-11-16(18-12-4-2)15-10-6-8-14-9-7-13-19-17(14)15/h7,9,13,15-16,18H,3-6,8,10-12H2,1-2H3. The number of unbranched alkanes of at least 4 members (excludes halogenated alkanes) is 1. The second-order valence-corrected chi connectivity index (χ2v) is 5.75. The molecule has 0 radical (unpaired) electrons. The molecule has 0 aromatic carbocycles. The Hall–Kier alpha value is -0.890. The maximum atomic E-state index is 4.70. The molecule has 0 aliphatic heterocycles. The molecule has 1 aromatic heterocycles. The van der Waals surface area contributed by atoms with Gasteiger partial charge in [0.15, 0.2) is 0 Å². The summed E-state index contributed by atoms with van der Waals surface area (Å²) in [5.41, 5.74) is 2.86. The van der Waals surface area contributed by atoms with Gasteiger partial charge in [0.25, 0.3) is 0 Å². The van der Waals surface area contributed by atoms with Crippen molar-refractivity contribution in [3.63, 3.8) is 0 Å². The third-order valence-corrected chi connectivity index (χ3v) is 4.25. The van der Waals surface area contributed by atoms with E-state index in [4.69, 9.17) is 4.98 Å². The molecule has 2 heteroatoms. The first-order valence-corrected chi connectivity index (χ1v) is 8.04. The van der Waals surface area contributed by atoms with E-state index < -0.39 is 0 Å². The summed E-state index contributed by atoms with van der Waals surface area (Å²) >= 11 is 0. The highest BCUT2D eigenvalue weighted by atomic mass is 14.9. The zero-order valence-corrected chi connectivity index (χ0v) is 12.5. The van der Waals surface area contributed by atoms with E-state index in [9.17, 15) is 0 Å². The van der Waals surface area contributed by atoms with Gasteiger partial charge < -0.3 is 5.32 Å². The highest BCUT2D eigenvalue weighted by molar-refractivity contribution is 5.27. The number of hydrogen-bond acceptors (Lipinski definition) is 2. The molecule has 2 atom stereocenters. The lowest BCUT2D eigenvalue weighted by atomic mass is 9.80. The molecule has 1 aromatic rings.